The number of hydrogen-bond acceptors (Lipinski definition) is 3. The lowest BCUT2D eigenvalue weighted by molar-refractivity contribution is 0.563. The first kappa shape index (κ1) is 11.2. The summed E-state index contributed by atoms with van der Waals surface area (Å²) in [5.74, 6) is 1.01. The Morgan fingerprint density at radius 2 is 1.76 bits per heavy atom. The van der Waals surface area contributed by atoms with Gasteiger partial charge in [0.25, 0.3) is 0 Å². The molecule has 0 amide bonds. The Kier molecular flexibility index (Phi) is 3.14. The number of aromatic amines is 1. The van der Waals surface area contributed by atoms with Gasteiger partial charge in [-0.05, 0) is 44.9 Å². The zero-order chi connectivity index (χ0) is 11.7. The largest absolute Gasteiger partial charge is 0.342 e. The first-order chi connectivity index (χ1) is 8.34. The van der Waals surface area contributed by atoms with Crippen molar-refractivity contribution in [2.45, 2.75) is 44.9 Å². The second-order valence-electron chi connectivity index (χ2n) is 5.08. The number of nitrogens with zero attached hydrogens (tertiary/aromatic N) is 2. The quantitative estimate of drug-likeness (QED) is 0.776. The van der Waals surface area contributed by atoms with Crippen LogP contribution in [0.5, 0.6) is 0 Å². The summed E-state index contributed by atoms with van der Waals surface area (Å²) >= 11 is 5.44. The maximum absolute atomic E-state index is 5.44. The van der Waals surface area contributed by atoms with E-state index in [0.29, 0.717) is 0 Å². The van der Waals surface area contributed by atoms with Crippen LogP contribution in [0.15, 0.2) is 0 Å². The monoisotopic (exact) mass is 249 g/mol. The lowest BCUT2D eigenvalue weighted by Crippen LogP contribution is -2.31. The Hall–Kier alpha value is -0.900. The van der Waals surface area contributed by atoms with E-state index in [1.807, 2.05) is 0 Å². The van der Waals surface area contributed by atoms with Crippen LogP contribution in [-0.2, 0) is 12.8 Å². The third-order valence-corrected chi connectivity index (χ3v) is 4.19. The molecule has 17 heavy (non-hydrogen) atoms. The van der Waals surface area contributed by atoms with Gasteiger partial charge in [-0.2, -0.15) is 0 Å². The van der Waals surface area contributed by atoms with Crippen LogP contribution in [-0.4, -0.2) is 23.1 Å². The lowest BCUT2D eigenvalue weighted by Gasteiger charge is -2.28. The molecular formula is C13H19N3S. The van der Waals surface area contributed by atoms with Crippen LogP contribution < -0.4 is 4.90 Å². The highest BCUT2D eigenvalue weighted by Crippen LogP contribution is 2.23. The van der Waals surface area contributed by atoms with E-state index < -0.39 is 0 Å². The number of H-pyrrole nitrogens is 1. The molecule has 1 aliphatic carbocycles. The maximum Gasteiger partial charge on any atom is 0.204 e. The molecular weight excluding hydrogens is 230 g/mol. The van der Waals surface area contributed by atoms with E-state index in [9.17, 15) is 0 Å². The minimum absolute atomic E-state index is 0.832. The molecule has 1 saturated heterocycles. The van der Waals surface area contributed by atoms with Crippen LogP contribution in [0.4, 0.5) is 5.95 Å². The molecule has 1 aromatic heterocycles. The van der Waals surface area contributed by atoms with Crippen molar-refractivity contribution in [1.82, 2.24) is 9.97 Å². The minimum atomic E-state index is 0.832. The Morgan fingerprint density at radius 1 is 1.00 bits per heavy atom. The summed E-state index contributed by atoms with van der Waals surface area (Å²) in [4.78, 5) is 10.5. The number of aryl methyl sites for hydroxylation is 1. The molecule has 0 spiro atoms. The Morgan fingerprint density at radius 3 is 2.59 bits per heavy atom. The van der Waals surface area contributed by atoms with Crippen molar-refractivity contribution in [2.24, 2.45) is 0 Å². The SMILES string of the molecule is S=c1nc(N2CCCCC2)[nH]c2c1CCCC2. The van der Waals surface area contributed by atoms with Crippen molar-refractivity contribution in [3.63, 3.8) is 0 Å². The lowest BCUT2D eigenvalue weighted by atomic mass is 9.97. The van der Waals surface area contributed by atoms with Crippen molar-refractivity contribution in [3.05, 3.63) is 15.9 Å². The topological polar surface area (TPSA) is 31.9 Å². The maximum atomic E-state index is 5.44. The van der Waals surface area contributed by atoms with Crippen LogP contribution in [0.3, 0.4) is 0 Å². The molecule has 1 aliphatic heterocycles. The first-order valence-electron chi connectivity index (χ1n) is 6.71. The van der Waals surface area contributed by atoms with Gasteiger partial charge in [-0.25, -0.2) is 4.98 Å². The summed E-state index contributed by atoms with van der Waals surface area (Å²) in [6.45, 7) is 2.24. The van der Waals surface area contributed by atoms with Crippen molar-refractivity contribution >= 4 is 18.2 Å². The molecule has 1 fully saturated rings. The summed E-state index contributed by atoms with van der Waals surface area (Å²) in [6, 6.07) is 0. The summed E-state index contributed by atoms with van der Waals surface area (Å²) in [6.07, 6.45) is 8.69. The van der Waals surface area contributed by atoms with Crippen LogP contribution in [0, 0.1) is 4.64 Å². The number of rotatable bonds is 1. The van der Waals surface area contributed by atoms with E-state index in [-0.39, 0.29) is 0 Å². The third-order valence-electron chi connectivity index (χ3n) is 3.85. The van der Waals surface area contributed by atoms with E-state index in [4.69, 9.17) is 12.2 Å². The van der Waals surface area contributed by atoms with Crippen LogP contribution in [0.2, 0.25) is 0 Å². The second kappa shape index (κ2) is 4.77. The van der Waals surface area contributed by atoms with E-state index in [1.165, 1.54) is 43.4 Å². The molecule has 0 saturated carbocycles. The molecule has 2 aliphatic rings. The first-order valence-corrected chi connectivity index (χ1v) is 7.12. The molecule has 3 rings (SSSR count). The number of aromatic nitrogens is 2. The summed E-state index contributed by atoms with van der Waals surface area (Å²) in [5.41, 5.74) is 2.64. The molecule has 0 atom stereocenters. The highest BCUT2D eigenvalue weighted by atomic mass is 32.1. The highest BCUT2D eigenvalue weighted by molar-refractivity contribution is 7.71. The molecule has 3 nitrogen and oxygen atoms in total. The molecule has 4 heteroatoms. The molecule has 2 heterocycles. The van der Waals surface area contributed by atoms with Gasteiger partial charge in [-0.3, -0.25) is 0 Å². The zero-order valence-electron chi connectivity index (χ0n) is 10.2. The van der Waals surface area contributed by atoms with Crippen LogP contribution in [0.25, 0.3) is 0 Å². The van der Waals surface area contributed by atoms with Gasteiger partial charge in [-0.1, -0.05) is 12.2 Å². The molecule has 0 unspecified atom stereocenters. The van der Waals surface area contributed by atoms with Gasteiger partial charge in [-0.15, -0.1) is 0 Å². The fourth-order valence-corrected chi connectivity index (χ4v) is 3.17. The number of hydrogen-bond donors (Lipinski definition) is 1. The Labute approximate surface area is 107 Å². The van der Waals surface area contributed by atoms with Crippen molar-refractivity contribution in [1.29, 1.82) is 0 Å². The predicted molar refractivity (Wildman–Crippen MR) is 72.1 cm³/mol. The molecule has 0 aromatic carbocycles. The molecule has 0 radical (unpaired) electrons. The fourth-order valence-electron chi connectivity index (χ4n) is 2.86. The summed E-state index contributed by atoms with van der Waals surface area (Å²) < 4.78 is 0.832. The molecule has 1 aromatic rings. The van der Waals surface area contributed by atoms with Gasteiger partial charge in [0, 0.05) is 24.3 Å². The smallest absolute Gasteiger partial charge is 0.204 e. The van der Waals surface area contributed by atoms with E-state index >= 15 is 0 Å². The van der Waals surface area contributed by atoms with Gasteiger partial charge >= 0.3 is 0 Å². The highest BCUT2D eigenvalue weighted by Gasteiger charge is 2.17. The number of nitrogens with one attached hydrogen (secondary N) is 1. The molecule has 1 N–H and O–H groups in total. The average molecular weight is 249 g/mol. The normalized spacial score (nSPS) is 20.1. The number of piperidine rings is 1. The van der Waals surface area contributed by atoms with Crippen LogP contribution >= 0.6 is 12.2 Å². The standard InChI is InChI=1S/C13H19N3S/c17-12-10-6-2-3-7-11(10)14-13(15-12)16-8-4-1-5-9-16/h1-9H2,(H,14,15,17). The van der Waals surface area contributed by atoms with Crippen molar-refractivity contribution < 1.29 is 0 Å². The van der Waals surface area contributed by atoms with Gasteiger partial charge in [0.05, 0.1) is 0 Å². The number of anilines is 1. The van der Waals surface area contributed by atoms with E-state index in [0.717, 1.165) is 36.5 Å². The van der Waals surface area contributed by atoms with Gasteiger partial charge in [0.2, 0.25) is 5.95 Å². The van der Waals surface area contributed by atoms with E-state index in [1.54, 1.807) is 0 Å². The van der Waals surface area contributed by atoms with Gasteiger partial charge in [0.15, 0.2) is 0 Å². The van der Waals surface area contributed by atoms with Crippen molar-refractivity contribution in [2.75, 3.05) is 18.0 Å². The Balaban J connectivity index is 1.95. The fraction of sp³-hybridized carbons (Fsp3) is 0.692. The van der Waals surface area contributed by atoms with E-state index in [2.05, 4.69) is 14.9 Å². The molecule has 92 valence electrons. The van der Waals surface area contributed by atoms with Gasteiger partial charge in [0.1, 0.15) is 4.64 Å². The Bertz CT molecular complexity index is 460. The third kappa shape index (κ3) is 2.23. The molecule has 0 bridgehead atoms. The van der Waals surface area contributed by atoms with Crippen LogP contribution in [0.1, 0.15) is 43.4 Å². The summed E-state index contributed by atoms with van der Waals surface area (Å²) in [7, 11) is 0. The summed E-state index contributed by atoms with van der Waals surface area (Å²) in [5, 5.41) is 0. The zero-order valence-corrected chi connectivity index (χ0v) is 11.0. The number of fused-ring (bicyclic) bond motifs is 1. The minimum Gasteiger partial charge on any atom is -0.342 e. The predicted octanol–water partition coefficient (Wildman–Crippen LogP) is 3.01. The average Bonchev–Trinajstić information content (AvgIpc) is 2.40. The van der Waals surface area contributed by atoms with Crippen molar-refractivity contribution in [3.8, 4) is 0 Å². The second-order valence-corrected chi connectivity index (χ2v) is 5.46. The van der Waals surface area contributed by atoms with Gasteiger partial charge < -0.3 is 9.88 Å².